The normalized spacial score (nSPS) is 20.7. The first-order valence-corrected chi connectivity index (χ1v) is 9.73. The molecule has 0 bridgehead atoms. The summed E-state index contributed by atoms with van der Waals surface area (Å²) in [5, 5.41) is 0. The molecule has 2 aliphatic heterocycles. The summed E-state index contributed by atoms with van der Waals surface area (Å²) in [4.78, 5) is 17.5. The van der Waals surface area contributed by atoms with Gasteiger partial charge in [-0.3, -0.25) is 9.69 Å². The van der Waals surface area contributed by atoms with Crippen molar-refractivity contribution in [1.82, 2.24) is 9.80 Å². The molecule has 2 heterocycles. The quantitative estimate of drug-likeness (QED) is 0.762. The zero-order valence-electron chi connectivity index (χ0n) is 15.6. The predicted octanol–water partition coefficient (Wildman–Crippen LogP) is 4.68. The van der Waals surface area contributed by atoms with Gasteiger partial charge in [-0.2, -0.15) is 13.2 Å². The first-order valence-electron chi connectivity index (χ1n) is 9.73. The smallest absolute Gasteiger partial charge is 0.337 e. The number of alkyl halides is 3. The molecule has 2 saturated heterocycles. The van der Waals surface area contributed by atoms with Gasteiger partial charge in [0.2, 0.25) is 0 Å². The van der Waals surface area contributed by atoms with E-state index in [-0.39, 0.29) is 5.91 Å². The summed E-state index contributed by atoms with van der Waals surface area (Å²) in [5.74, 6) is -0.0443. The molecule has 0 aliphatic carbocycles. The van der Waals surface area contributed by atoms with E-state index in [0.29, 0.717) is 22.7 Å². The van der Waals surface area contributed by atoms with Gasteiger partial charge >= 0.3 is 6.18 Å². The van der Waals surface area contributed by atoms with Crippen molar-refractivity contribution < 1.29 is 18.0 Å². The Morgan fingerprint density at radius 3 is 2.29 bits per heavy atom. The van der Waals surface area contributed by atoms with E-state index in [1.54, 1.807) is 24.3 Å². The summed E-state index contributed by atoms with van der Waals surface area (Å²) in [5.41, 5.74) is 1.15. The molecule has 0 saturated carbocycles. The monoisotopic (exact) mass is 388 g/mol. The molecular weight excluding hydrogens is 365 g/mol. The van der Waals surface area contributed by atoms with Gasteiger partial charge in [0.1, 0.15) is 0 Å². The Morgan fingerprint density at radius 2 is 1.61 bits per heavy atom. The van der Waals surface area contributed by atoms with E-state index in [1.807, 2.05) is 4.90 Å². The van der Waals surface area contributed by atoms with Crippen LogP contribution in [0.3, 0.4) is 0 Å². The molecule has 0 N–H and O–H groups in total. The fourth-order valence-corrected chi connectivity index (χ4v) is 4.26. The van der Waals surface area contributed by atoms with Crippen LogP contribution in [0.15, 0.2) is 48.5 Å². The van der Waals surface area contributed by atoms with Crippen LogP contribution in [-0.4, -0.2) is 47.9 Å². The first-order chi connectivity index (χ1) is 13.4. The van der Waals surface area contributed by atoms with Crippen molar-refractivity contribution in [1.29, 1.82) is 0 Å². The highest BCUT2D eigenvalue weighted by Gasteiger charge is 2.33. The van der Waals surface area contributed by atoms with Gasteiger partial charge in [-0.15, -0.1) is 0 Å². The lowest BCUT2D eigenvalue weighted by atomic mass is 9.98. The largest absolute Gasteiger partial charge is 0.416 e. The number of rotatable bonds is 3. The van der Waals surface area contributed by atoms with E-state index in [4.69, 9.17) is 0 Å². The molecule has 2 fully saturated rings. The maximum Gasteiger partial charge on any atom is 0.416 e. The van der Waals surface area contributed by atoms with Crippen LogP contribution in [0.25, 0.3) is 11.1 Å². The van der Waals surface area contributed by atoms with Crippen LogP contribution in [0.1, 0.15) is 35.2 Å². The predicted molar refractivity (Wildman–Crippen MR) is 102 cm³/mol. The molecule has 1 atom stereocenters. The SMILES string of the molecule is O=C(c1ccccc1-c1ccc(C(F)(F)F)cc1)N1CC[C@H](N2CCCC2)C1. The van der Waals surface area contributed by atoms with Crippen LogP contribution in [0, 0.1) is 0 Å². The van der Waals surface area contributed by atoms with Crippen LogP contribution >= 0.6 is 0 Å². The lowest BCUT2D eigenvalue weighted by Crippen LogP contribution is -2.37. The Morgan fingerprint density at radius 1 is 0.929 bits per heavy atom. The van der Waals surface area contributed by atoms with Crippen molar-refractivity contribution in [3.63, 3.8) is 0 Å². The van der Waals surface area contributed by atoms with E-state index < -0.39 is 11.7 Å². The highest BCUT2D eigenvalue weighted by Crippen LogP contribution is 2.32. The Kier molecular flexibility index (Phi) is 5.15. The van der Waals surface area contributed by atoms with Crippen LogP contribution < -0.4 is 0 Å². The molecule has 1 amide bonds. The van der Waals surface area contributed by atoms with Crippen molar-refractivity contribution in [2.24, 2.45) is 0 Å². The standard InChI is InChI=1S/C22H23F3N2O/c23-22(24,25)17-9-7-16(8-10-17)19-5-1-2-6-20(19)21(28)27-14-11-18(15-27)26-12-3-4-13-26/h1-2,5-10,18H,3-4,11-15H2/t18-/m0/s1. The molecule has 4 rings (SSSR count). The van der Waals surface area contributed by atoms with Gasteiger partial charge in [-0.25, -0.2) is 0 Å². The lowest BCUT2D eigenvalue weighted by Gasteiger charge is -2.24. The molecule has 0 spiro atoms. The Hall–Kier alpha value is -2.34. The van der Waals surface area contributed by atoms with Gasteiger partial charge in [0.05, 0.1) is 5.56 Å². The molecule has 0 radical (unpaired) electrons. The molecule has 2 aromatic rings. The molecule has 28 heavy (non-hydrogen) atoms. The summed E-state index contributed by atoms with van der Waals surface area (Å²) in [6.07, 6.45) is -0.940. The molecule has 2 aliphatic rings. The number of halogens is 3. The maximum atomic E-state index is 13.2. The second-order valence-corrected chi connectivity index (χ2v) is 7.56. The van der Waals surface area contributed by atoms with Gasteiger partial charge in [0, 0.05) is 24.7 Å². The number of hydrogen-bond acceptors (Lipinski definition) is 2. The van der Waals surface area contributed by atoms with Crippen LogP contribution in [-0.2, 0) is 6.18 Å². The minimum atomic E-state index is -4.37. The number of likely N-dealkylation sites (tertiary alicyclic amines) is 2. The number of carbonyl (C=O) groups excluding carboxylic acids is 1. The summed E-state index contributed by atoms with van der Waals surface area (Å²) in [6.45, 7) is 3.66. The van der Waals surface area contributed by atoms with E-state index in [9.17, 15) is 18.0 Å². The van der Waals surface area contributed by atoms with E-state index in [2.05, 4.69) is 4.90 Å². The van der Waals surface area contributed by atoms with Crippen LogP contribution in [0.4, 0.5) is 13.2 Å². The maximum absolute atomic E-state index is 13.2. The fraction of sp³-hybridized carbons (Fsp3) is 0.409. The molecule has 6 heteroatoms. The average molecular weight is 388 g/mol. The van der Waals surface area contributed by atoms with Crippen molar-refractivity contribution in [3.8, 4) is 11.1 Å². The van der Waals surface area contributed by atoms with Crippen LogP contribution in [0.5, 0.6) is 0 Å². The summed E-state index contributed by atoms with van der Waals surface area (Å²) in [6, 6.07) is 12.6. The van der Waals surface area contributed by atoms with Gasteiger partial charge < -0.3 is 4.90 Å². The zero-order valence-corrected chi connectivity index (χ0v) is 15.6. The number of hydrogen-bond donors (Lipinski definition) is 0. The highest BCUT2D eigenvalue weighted by molar-refractivity contribution is 6.01. The third-order valence-corrected chi connectivity index (χ3v) is 5.79. The molecule has 0 aromatic heterocycles. The van der Waals surface area contributed by atoms with Crippen molar-refractivity contribution in [2.45, 2.75) is 31.5 Å². The topological polar surface area (TPSA) is 23.6 Å². The zero-order chi connectivity index (χ0) is 19.7. The lowest BCUT2D eigenvalue weighted by molar-refractivity contribution is -0.137. The molecule has 3 nitrogen and oxygen atoms in total. The van der Waals surface area contributed by atoms with E-state index in [1.165, 1.54) is 25.0 Å². The fourth-order valence-electron chi connectivity index (χ4n) is 4.26. The number of nitrogens with zero attached hydrogens (tertiary/aromatic N) is 2. The van der Waals surface area contributed by atoms with Crippen LogP contribution in [0.2, 0.25) is 0 Å². The Bertz CT molecular complexity index is 842. The third-order valence-electron chi connectivity index (χ3n) is 5.79. The van der Waals surface area contributed by atoms with Crippen molar-refractivity contribution in [3.05, 3.63) is 59.7 Å². The number of benzene rings is 2. The van der Waals surface area contributed by atoms with Gasteiger partial charge in [0.15, 0.2) is 0 Å². The first kappa shape index (κ1) is 19.0. The molecular formula is C22H23F3N2O. The van der Waals surface area contributed by atoms with Gasteiger partial charge in [-0.1, -0.05) is 30.3 Å². The average Bonchev–Trinajstić information content (AvgIpc) is 3.38. The second-order valence-electron chi connectivity index (χ2n) is 7.56. The third kappa shape index (κ3) is 3.78. The molecule has 2 aromatic carbocycles. The summed E-state index contributed by atoms with van der Waals surface area (Å²) < 4.78 is 38.5. The number of carbonyl (C=O) groups is 1. The highest BCUT2D eigenvalue weighted by atomic mass is 19.4. The summed E-state index contributed by atoms with van der Waals surface area (Å²) >= 11 is 0. The van der Waals surface area contributed by atoms with Gasteiger partial charge in [0.25, 0.3) is 5.91 Å². The van der Waals surface area contributed by atoms with Crippen molar-refractivity contribution >= 4 is 5.91 Å². The molecule has 0 unspecified atom stereocenters. The minimum absolute atomic E-state index is 0.0443. The number of amides is 1. The van der Waals surface area contributed by atoms with E-state index in [0.717, 1.165) is 44.7 Å². The Balaban J connectivity index is 1.55. The van der Waals surface area contributed by atoms with Gasteiger partial charge in [-0.05, 0) is 61.7 Å². The molecule has 148 valence electrons. The van der Waals surface area contributed by atoms with Crippen molar-refractivity contribution in [2.75, 3.05) is 26.2 Å². The minimum Gasteiger partial charge on any atom is -0.337 e. The second kappa shape index (κ2) is 7.59. The Labute approximate surface area is 162 Å². The summed E-state index contributed by atoms with van der Waals surface area (Å²) in [7, 11) is 0. The van der Waals surface area contributed by atoms with E-state index >= 15 is 0 Å².